The van der Waals surface area contributed by atoms with Crippen molar-refractivity contribution in [1.82, 2.24) is 4.90 Å². The zero-order valence-corrected chi connectivity index (χ0v) is 23.8. The number of likely N-dealkylation sites (N-methyl/N-ethyl adjacent to an activating group) is 1. The Morgan fingerprint density at radius 2 is 1.88 bits per heavy atom. The zero-order chi connectivity index (χ0) is 29.1. The van der Waals surface area contributed by atoms with Crippen LogP contribution in [0.25, 0.3) is 0 Å². The number of carbonyl (C=O) groups excluding carboxylic acids is 2. The number of allylic oxidation sites excluding steroid dienone is 1. The molecule has 2 aromatic carbocycles. The van der Waals surface area contributed by atoms with Gasteiger partial charge in [-0.2, -0.15) is 0 Å². The SMILES string of the molecule is COC(=O)[C@@H]1C(c2ccc(OC)cc2)=NO[C@H]1c1cc(OC)c(O)c2c1C[C@H]1C3C=C(OC)C(=O)C[C@@]23CCN1C. The molecule has 4 aliphatic rings. The number of aromatic hydroxyl groups is 1. The molecule has 41 heavy (non-hydrogen) atoms. The number of Topliss-reactive ketones (excluding diaryl/α,β-unsaturated/α-hetero) is 1. The average Bonchev–Trinajstić information content (AvgIpc) is 3.43. The summed E-state index contributed by atoms with van der Waals surface area (Å²) >= 11 is 0. The number of esters is 1. The molecule has 216 valence electrons. The van der Waals surface area contributed by atoms with Gasteiger partial charge in [0.05, 0.1) is 28.4 Å². The standard InChI is InChI=1S/C31H34N2O8/c1-33-11-10-31-15-22(34)23(38-3)14-20(31)21(33)12-18-19(13-24(39-4)28(35)26(18)31)29-25(30(36)40-5)27(32-41-29)16-6-8-17(37-2)9-7-16/h6-9,13-14,20-21,25,29,35H,10-12,15H2,1-5H3/t20?,21-,25+,29-,31+/m0/s1. The Morgan fingerprint density at radius 1 is 1.12 bits per heavy atom. The van der Waals surface area contributed by atoms with E-state index in [4.69, 9.17) is 23.8 Å². The lowest BCUT2D eigenvalue weighted by molar-refractivity contribution is -0.146. The summed E-state index contributed by atoms with van der Waals surface area (Å²) in [5.41, 5.74) is 2.71. The van der Waals surface area contributed by atoms with E-state index < -0.39 is 23.4 Å². The van der Waals surface area contributed by atoms with Crippen molar-refractivity contribution in [2.24, 2.45) is 17.0 Å². The molecule has 0 saturated carbocycles. The molecule has 10 heteroatoms. The first kappa shape index (κ1) is 27.1. The van der Waals surface area contributed by atoms with Gasteiger partial charge in [0.25, 0.3) is 0 Å². The molecule has 2 heterocycles. The van der Waals surface area contributed by atoms with Crippen molar-refractivity contribution in [3.8, 4) is 17.2 Å². The van der Waals surface area contributed by atoms with Gasteiger partial charge in [0.1, 0.15) is 17.4 Å². The lowest BCUT2D eigenvalue weighted by Crippen LogP contribution is -2.60. The van der Waals surface area contributed by atoms with E-state index in [2.05, 4.69) is 17.1 Å². The molecule has 0 amide bonds. The van der Waals surface area contributed by atoms with Crippen molar-refractivity contribution in [3.63, 3.8) is 0 Å². The van der Waals surface area contributed by atoms with E-state index in [0.29, 0.717) is 46.8 Å². The number of phenolic OH excluding ortho intramolecular Hbond substituents is 1. The monoisotopic (exact) mass is 562 g/mol. The lowest BCUT2D eigenvalue weighted by Gasteiger charge is -2.57. The van der Waals surface area contributed by atoms with Crippen LogP contribution < -0.4 is 9.47 Å². The molecule has 1 unspecified atom stereocenters. The molecule has 5 atom stereocenters. The Labute approximate surface area is 238 Å². The smallest absolute Gasteiger partial charge is 0.319 e. The van der Waals surface area contributed by atoms with E-state index in [1.165, 1.54) is 21.3 Å². The van der Waals surface area contributed by atoms with Crippen LogP contribution in [-0.2, 0) is 35.7 Å². The second kappa shape index (κ2) is 10.1. The molecule has 1 fully saturated rings. The van der Waals surface area contributed by atoms with Crippen molar-refractivity contribution in [2.45, 2.75) is 36.8 Å². The highest BCUT2D eigenvalue weighted by Crippen LogP contribution is 2.59. The summed E-state index contributed by atoms with van der Waals surface area (Å²) in [6.07, 6.45) is 2.54. The third-order valence-electron chi connectivity index (χ3n) is 9.38. The van der Waals surface area contributed by atoms with E-state index in [1.807, 2.05) is 18.2 Å². The van der Waals surface area contributed by atoms with E-state index >= 15 is 0 Å². The number of carbonyl (C=O) groups is 2. The van der Waals surface area contributed by atoms with Gasteiger partial charge in [0, 0.05) is 40.5 Å². The molecule has 2 aromatic rings. The third-order valence-corrected chi connectivity index (χ3v) is 9.38. The number of ketones is 1. The first-order valence-corrected chi connectivity index (χ1v) is 13.7. The van der Waals surface area contributed by atoms with Gasteiger partial charge >= 0.3 is 5.97 Å². The van der Waals surface area contributed by atoms with E-state index in [-0.39, 0.29) is 35.7 Å². The fourth-order valence-electron chi connectivity index (χ4n) is 7.35. The summed E-state index contributed by atoms with van der Waals surface area (Å²) in [5, 5.41) is 16.0. The highest BCUT2D eigenvalue weighted by atomic mass is 16.6. The number of likely N-dealkylation sites (tertiary alicyclic amines) is 1. The quantitative estimate of drug-likeness (QED) is 0.530. The summed E-state index contributed by atoms with van der Waals surface area (Å²) in [6.45, 7) is 0.769. The molecular weight excluding hydrogens is 528 g/mol. The Balaban J connectivity index is 1.53. The first-order valence-electron chi connectivity index (χ1n) is 13.7. The van der Waals surface area contributed by atoms with Gasteiger partial charge in [0.15, 0.2) is 29.1 Å². The van der Waals surface area contributed by atoms with Crippen molar-refractivity contribution in [2.75, 3.05) is 42.0 Å². The number of rotatable bonds is 6. The van der Waals surface area contributed by atoms with Crippen LogP contribution in [0.5, 0.6) is 17.2 Å². The van der Waals surface area contributed by atoms with Crippen LogP contribution in [0.3, 0.4) is 0 Å². The van der Waals surface area contributed by atoms with Crippen LogP contribution in [0.4, 0.5) is 0 Å². The summed E-state index contributed by atoms with van der Waals surface area (Å²) in [4.78, 5) is 34.9. The number of benzene rings is 2. The number of piperidine rings is 1. The lowest BCUT2D eigenvalue weighted by atomic mass is 9.53. The number of ether oxygens (including phenoxy) is 4. The van der Waals surface area contributed by atoms with Gasteiger partial charge < -0.3 is 33.8 Å². The van der Waals surface area contributed by atoms with Crippen molar-refractivity contribution < 1.29 is 38.5 Å². The Hall–Kier alpha value is -4.05. The summed E-state index contributed by atoms with van der Waals surface area (Å²) in [5.74, 6) is -0.209. The van der Waals surface area contributed by atoms with Crippen molar-refractivity contribution in [3.05, 3.63) is 64.4 Å². The second-order valence-electron chi connectivity index (χ2n) is 11.1. The molecule has 0 spiro atoms. The minimum atomic E-state index is -0.868. The van der Waals surface area contributed by atoms with Crippen molar-refractivity contribution in [1.29, 1.82) is 0 Å². The van der Waals surface area contributed by atoms with Crippen LogP contribution >= 0.6 is 0 Å². The highest BCUT2D eigenvalue weighted by Gasteiger charge is 2.58. The van der Waals surface area contributed by atoms with E-state index in [1.54, 1.807) is 25.3 Å². The summed E-state index contributed by atoms with van der Waals surface area (Å²) in [6, 6.07) is 9.01. The van der Waals surface area contributed by atoms with Gasteiger partial charge in [-0.1, -0.05) is 5.16 Å². The molecule has 0 aromatic heterocycles. The largest absolute Gasteiger partial charge is 0.504 e. The van der Waals surface area contributed by atoms with Gasteiger partial charge in [-0.05, 0) is 68.4 Å². The normalized spacial score (nSPS) is 28.5. The molecular formula is C31H34N2O8. The summed E-state index contributed by atoms with van der Waals surface area (Å²) < 4.78 is 21.6. The van der Waals surface area contributed by atoms with E-state index in [9.17, 15) is 14.7 Å². The molecule has 1 saturated heterocycles. The topological polar surface area (TPSA) is 116 Å². The number of methoxy groups -OCH3 is 4. The van der Waals surface area contributed by atoms with E-state index in [0.717, 1.165) is 12.1 Å². The van der Waals surface area contributed by atoms with Crippen LogP contribution in [0.1, 0.15) is 41.2 Å². The average molecular weight is 563 g/mol. The number of hydrogen-bond donors (Lipinski definition) is 1. The molecule has 1 N–H and O–H groups in total. The van der Waals surface area contributed by atoms with Gasteiger partial charge in [-0.15, -0.1) is 0 Å². The predicted molar refractivity (Wildman–Crippen MR) is 148 cm³/mol. The molecule has 2 aliphatic heterocycles. The third kappa shape index (κ3) is 3.99. The number of hydrogen-bond acceptors (Lipinski definition) is 10. The maximum Gasteiger partial charge on any atom is 0.319 e. The molecule has 2 aliphatic carbocycles. The number of fused-ring (bicyclic) bond motifs is 1. The van der Waals surface area contributed by atoms with Crippen molar-refractivity contribution >= 4 is 17.5 Å². The van der Waals surface area contributed by atoms with Gasteiger partial charge in [-0.25, -0.2) is 0 Å². The fraction of sp³-hybridized carbons (Fsp3) is 0.452. The summed E-state index contributed by atoms with van der Waals surface area (Å²) in [7, 11) is 8.01. The maximum atomic E-state index is 13.3. The molecule has 6 rings (SSSR count). The van der Waals surface area contributed by atoms with Crippen LogP contribution in [0.2, 0.25) is 0 Å². The Kier molecular flexibility index (Phi) is 6.68. The minimum absolute atomic E-state index is 0.0187. The second-order valence-corrected chi connectivity index (χ2v) is 11.1. The number of oxime groups is 1. The van der Waals surface area contributed by atoms with Gasteiger partial charge in [-0.3, -0.25) is 9.59 Å². The van der Waals surface area contributed by atoms with Gasteiger partial charge in [0.2, 0.25) is 0 Å². The molecule has 10 nitrogen and oxygen atoms in total. The maximum absolute atomic E-state index is 13.3. The zero-order valence-electron chi connectivity index (χ0n) is 23.8. The number of phenols is 1. The highest BCUT2D eigenvalue weighted by molar-refractivity contribution is 6.13. The molecule has 2 bridgehead atoms. The molecule has 0 radical (unpaired) electrons. The fourth-order valence-corrected chi connectivity index (χ4v) is 7.35. The van der Waals surface area contributed by atoms with Crippen LogP contribution in [0.15, 0.2) is 47.3 Å². The minimum Gasteiger partial charge on any atom is -0.504 e. The van der Waals surface area contributed by atoms with Crippen LogP contribution in [0, 0.1) is 11.8 Å². The first-order chi connectivity index (χ1) is 19.8. The Morgan fingerprint density at radius 3 is 2.54 bits per heavy atom. The predicted octanol–water partition coefficient (Wildman–Crippen LogP) is 3.29. The number of nitrogens with zero attached hydrogens (tertiary/aromatic N) is 2. The Bertz CT molecular complexity index is 1470. The van der Waals surface area contributed by atoms with Crippen LogP contribution in [-0.4, -0.2) is 75.5 Å².